The van der Waals surface area contributed by atoms with E-state index in [1.807, 2.05) is 48.5 Å². The first-order valence-electron chi connectivity index (χ1n) is 6.48. The fourth-order valence-corrected chi connectivity index (χ4v) is 2.77. The first kappa shape index (κ1) is 12.3. The number of imidazole rings is 1. The molecule has 0 saturated heterocycles. The molecule has 0 atom stereocenters. The van der Waals surface area contributed by atoms with Gasteiger partial charge < -0.3 is 9.40 Å². The van der Waals surface area contributed by atoms with Crippen LogP contribution in [0.15, 0.2) is 57.4 Å². The lowest BCUT2D eigenvalue weighted by atomic mass is 10.2. The van der Waals surface area contributed by atoms with Gasteiger partial charge in [-0.25, -0.2) is 10.4 Å². The second-order valence-corrected chi connectivity index (χ2v) is 5.72. The van der Waals surface area contributed by atoms with Crippen molar-refractivity contribution in [1.82, 2.24) is 9.97 Å². The molecular formula is C16H11BrN3O+. The molecule has 102 valence electrons. The molecule has 0 amide bonds. The highest BCUT2D eigenvalue weighted by atomic mass is 79.9. The average molecular weight is 341 g/mol. The summed E-state index contributed by atoms with van der Waals surface area (Å²) in [6.07, 6.45) is 0. The normalized spacial score (nSPS) is 11.3. The van der Waals surface area contributed by atoms with E-state index < -0.39 is 0 Å². The van der Waals surface area contributed by atoms with Gasteiger partial charge in [0.1, 0.15) is 17.0 Å². The van der Waals surface area contributed by atoms with Gasteiger partial charge in [0, 0.05) is 9.86 Å². The van der Waals surface area contributed by atoms with Crippen molar-refractivity contribution in [2.24, 2.45) is 0 Å². The molecule has 4 aromatic rings. The number of hydrogen-bond acceptors (Lipinski definition) is 2. The van der Waals surface area contributed by atoms with Gasteiger partial charge in [0.15, 0.2) is 0 Å². The van der Waals surface area contributed by atoms with Gasteiger partial charge in [-0.05, 0) is 36.4 Å². The molecular weight excluding hydrogens is 330 g/mol. The van der Waals surface area contributed by atoms with Crippen LogP contribution in [0.4, 0.5) is 0 Å². The van der Waals surface area contributed by atoms with Crippen LogP contribution in [0.5, 0.6) is 0 Å². The zero-order valence-electron chi connectivity index (χ0n) is 10.9. The Balaban J connectivity index is 2.00. The van der Waals surface area contributed by atoms with Crippen LogP contribution < -0.4 is 11.0 Å². The standard InChI is InChI=1S/C16H10BrN3O/c17-10-5-6-14-9(7-10)8-11(15(18)21-14)16-19-12-3-1-2-4-13(12)20-16/h1-8,18H,(H,19,20)/p+1. The van der Waals surface area contributed by atoms with Crippen LogP contribution in [-0.2, 0) is 0 Å². The van der Waals surface area contributed by atoms with E-state index in [4.69, 9.17) is 9.83 Å². The monoisotopic (exact) mass is 340 g/mol. The highest BCUT2D eigenvalue weighted by Gasteiger charge is 2.13. The molecule has 4 nitrogen and oxygen atoms in total. The van der Waals surface area contributed by atoms with Crippen LogP contribution in [0.3, 0.4) is 0 Å². The second-order valence-electron chi connectivity index (χ2n) is 4.81. The summed E-state index contributed by atoms with van der Waals surface area (Å²) in [6.45, 7) is 0. The van der Waals surface area contributed by atoms with Gasteiger partial charge in [-0.3, -0.25) is 0 Å². The predicted octanol–water partition coefficient (Wildman–Crippen LogP) is 2.40. The molecule has 0 saturated carbocycles. The maximum absolute atomic E-state index is 6.04. The molecule has 5 heteroatoms. The molecule has 3 N–H and O–H groups in total. The summed E-state index contributed by atoms with van der Waals surface area (Å²) >= 11 is 3.46. The van der Waals surface area contributed by atoms with Gasteiger partial charge in [0.25, 0.3) is 0 Å². The third-order valence-electron chi connectivity index (χ3n) is 3.40. The number of hydrogen-bond donors (Lipinski definition) is 2. The molecule has 0 radical (unpaired) electrons. The maximum Gasteiger partial charge on any atom is 0.375 e. The molecule has 2 aromatic carbocycles. The summed E-state index contributed by atoms with van der Waals surface area (Å²) in [5.74, 6) is 0.708. The average Bonchev–Trinajstić information content (AvgIpc) is 2.90. The number of nitrogens with one attached hydrogen (secondary N) is 1. The van der Waals surface area contributed by atoms with Crippen molar-refractivity contribution in [3.8, 4) is 11.4 Å². The third kappa shape index (κ3) is 2.06. The molecule has 0 aliphatic rings. The Morgan fingerprint density at radius 1 is 1.10 bits per heavy atom. The van der Waals surface area contributed by atoms with Crippen LogP contribution >= 0.6 is 15.9 Å². The van der Waals surface area contributed by atoms with Gasteiger partial charge in [0.05, 0.1) is 11.0 Å². The van der Waals surface area contributed by atoms with E-state index in [9.17, 15) is 0 Å². The minimum absolute atomic E-state index is 0.351. The van der Waals surface area contributed by atoms with Crippen molar-refractivity contribution in [1.29, 1.82) is 0 Å². The SMILES string of the molecule is [NH2+]=c1oc2ccc(Br)cc2cc1-c1nc2ccccc2[nH]1. The smallest absolute Gasteiger partial charge is 0.375 e. The Morgan fingerprint density at radius 3 is 2.81 bits per heavy atom. The van der Waals surface area contributed by atoms with Crippen LogP contribution in [0.1, 0.15) is 0 Å². The maximum atomic E-state index is 6.04. The Kier molecular flexibility index (Phi) is 2.68. The number of aromatic amines is 1. The number of rotatable bonds is 1. The van der Waals surface area contributed by atoms with Gasteiger partial charge in [-0.2, -0.15) is 0 Å². The molecule has 0 spiro atoms. The van der Waals surface area contributed by atoms with E-state index in [0.717, 1.165) is 32.0 Å². The number of halogens is 1. The fraction of sp³-hybridized carbons (Fsp3) is 0. The van der Waals surface area contributed by atoms with Gasteiger partial charge in [-0.15, -0.1) is 0 Å². The third-order valence-corrected chi connectivity index (χ3v) is 3.89. The van der Waals surface area contributed by atoms with Crippen molar-refractivity contribution >= 4 is 37.9 Å². The number of aromatic nitrogens is 2. The second kappa shape index (κ2) is 4.56. The minimum Gasteiger partial charge on any atom is -0.404 e. The molecule has 21 heavy (non-hydrogen) atoms. The van der Waals surface area contributed by atoms with Crippen molar-refractivity contribution < 1.29 is 9.83 Å². The summed E-state index contributed by atoms with van der Waals surface area (Å²) in [5.41, 5.74) is 3.73. The summed E-state index contributed by atoms with van der Waals surface area (Å²) in [7, 11) is 0. The lowest BCUT2D eigenvalue weighted by molar-refractivity contribution is -0.196. The summed E-state index contributed by atoms with van der Waals surface area (Å²) in [4.78, 5) is 7.83. The largest absolute Gasteiger partial charge is 0.404 e. The number of H-pyrrole nitrogens is 1. The Bertz CT molecular complexity index is 999. The zero-order chi connectivity index (χ0) is 14.4. The first-order valence-corrected chi connectivity index (χ1v) is 7.27. The summed E-state index contributed by atoms with van der Waals surface area (Å²) in [6, 6.07) is 15.6. The number of nitrogens with zero attached hydrogens (tertiary/aromatic N) is 1. The number of benzene rings is 2. The zero-order valence-corrected chi connectivity index (χ0v) is 12.5. The van der Waals surface area contributed by atoms with Crippen LogP contribution in [-0.4, -0.2) is 9.97 Å². The van der Waals surface area contributed by atoms with E-state index in [0.29, 0.717) is 11.4 Å². The molecule has 0 aliphatic carbocycles. The Labute approximate surface area is 128 Å². The lowest BCUT2D eigenvalue weighted by Gasteiger charge is -1.99. The fourth-order valence-electron chi connectivity index (χ4n) is 2.39. The number of para-hydroxylation sites is 2. The minimum atomic E-state index is 0.351. The first-order chi connectivity index (χ1) is 10.2. The van der Waals surface area contributed by atoms with Crippen molar-refractivity contribution in [2.45, 2.75) is 0 Å². The predicted molar refractivity (Wildman–Crippen MR) is 84.1 cm³/mol. The molecule has 0 bridgehead atoms. The Hall–Kier alpha value is -2.40. The van der Waals surface area contributed by atoms with Crippen LogP contribution in [0.25, 0.3) is 33.4 Å². The molecule has 0 aliphatic heterocycles. The van der Waals surface area contributed by atoms with E-state index in [1.165, 1.54) is 0 Å². The van der Waals surface area contributed by atoms with Crippen LogP contribution in [0.2, 0.25) is 0 Å². The van der Waals surface area contributed by atoms with Crippen molar-refractivity contribution in [3.05, 3.63) is 58.6 Å². The Morgan fingerprint density at radius 2 is 1.95 bits per heavy atom. The van der Waals surface area contributed by atoms with Gasteiger partial charge in [0.2, 0.25) is 0 Å². The molecule has 2 aromatic heterocycles. The highest BCUT2D eigenvalue weighted by molar-refractivity contribution is 9.10. The lowest BCUT2D eigenvalue weighted by Crippen LogP contribution is -2.45. The molecule has 2 heterocycles. The van der Waals surface area contributed by atoms with Crippen molar-refractivity contribution in [3.63, 3.8) is 0 Å². The van der Waals surface area contributed by atoms with Gasteiger partial charge >= 0.3 is 5.55 Å². The summed E-state index contributed by atoms with van der Waals surface area (Å²) in [5, 5.41) is 7.01. The number of fused-ring (bicyclic) bond motifs is 2. The van der Waals surface area contributed by atoms with E-state index in [2.05, 4.69) is 25.9 Å². The van der Waals surface area contributed by atoms with Crippen LogP contribution in [0, 0.1) is 0 Å². The highest BCUT2D eigenvalue weighted by Crippen LogP contribution is 2.23. The molecule has 0 fully saturated rings. The number of nitrogens with two attached hydrogens (primary N) is 1. The summed E-state index contributed by atoms with van der Waals surface area (Å²) < 4.78 is 6.69. The molecule has 0 unspecified atom stereocenters. The van der Waals surface area contributed by atoms with E-state index >= 15 is 0 Å². The van der Waals surface area contributed by atoms with E-state index in [1.54, 1.807) is 0 Å². The van der Waals surface area contributed by atoms with Gasteiger partial charge in [-0.1, -0.05) is 28.1 Å². The molecule has 4 rings (SSSR count). The van der Waals surface area contributed by atoms with Crippen molar-refractivity contribution in [2.75, 3.05) is 0 Å². The van der Waals surface area contributed by atoms with E-state index in [-0.39, 0.29) is 0 Å². The quantitative estimate of drug-likeness (QED) is 0.558. The topological polar surface area (TPSA) is 67.4 Å².